The Morgan fingerprint density at radius 3 is 2.63 bits per heavy atom. The summed E-state index contributed by atoms with van der Waals surface area (Å²) in [5, 5.41) is 13.0. The second-order valence-electron chi connectivity index (χ2n) is 6.25. The van der Waals surface area contributed by atoms with Crippen LogP contribution in [0, 0.1) is 18.3 Å². The van der Waals surface area contributed by atoms with Gasteiger partial charge in [0.1, 0.15) is 0 Å². The molecule has 2 aromatic heterocycles. The molecule has 0 atom stereocenters. The van der Waals surface area contributed by atoms with Crippen molar-refractivity contribution in [2.75, 3.05) is 5.32 Å². The average molecular weight is 352 g/mol. The summed E-state index contributed by atoms with van der Waals surface area (Å²) in [6, 6.07) is 21.0. The molecule has 4 aromatic rings. The number of fused-ring (bicyclic) bond motifs is 1. The predicted octanol–water partition coefficient (Wildman–Crippen LogP) is 4.46. The predicted molar refractivity (Wildman–Crippen MR) is 105 cm³/mol. The number of benzene rings is 2. The number of carbonyl (C=O) groups is 1. The van der Waals surface area contributed by atoms with E-state index in [2.05, 4.69) is 27.0 Å². The largest absolute Gasteiger partial charge is 0.322 e. The SMILES string of the molecule is Cc1cc2cc(C#N)ccc2n1-c1ccc(NC(=O)c2cccnc2)cc1. The number of amides is 1. The number of hydrogen-bond donors (Lipinski definition) is 1. The highest BCUT2D eigenvalue weighted by atomic mass is 16.1. The number of aryl methyl sites for hydroxylation is 1. The number of pyridine rings is 1. The minimum absolute atomic E-state index is 0.192. The summed E-state index contributed by atoms with van der Waals surface area (Å²) < 4.78 is 2.13. The van der Waals surface area contributed by atoms with Gasteiger partial charge in [-0.15, -0.1) is 0 Å². The third-order valence-corrected chi connectivity index (χ3v) is 4.42. The van der Waals surface area contributed by atoms with Crippen LogP contribution in [0.25, 0.3) is 16.6 Å². The molecule has 0 bridgehead atoms. The van der Waals surface area contributed by atoms with Crippen LogP contribution in [-0.2, 0) is 0 Å². The van der Waals surface area contributed by atoms with Crippen LogP contribution in [0.1, 0.15) is 21.6 Å². The van der Waals surface area contributed by atoms with Gasteiger partial charge in [0.05, 0.1) is 22.7 Å². The monoisotopic (exact) mass is 352 g/mol. The molecule has 0 spiro atoms. The van der Waals surface area contributed by atoms with Crippen molar-refractivity contribution < 1.29 is 4.79 Å². The molecule has 2 aromatic carbocycles. The first kappa shape index (κ1) is 16.6. The van der Waals surface area contributed by atoms with Crippen molar-refractivity contribution in [1.29, 1.82) is 5.26 Å². The highest BCUT2D eigenvalue weighted by molar-refractivity contribution is 6.04. The van der Waals surface area contributed by atoms with Gasteiger partial charge in [0.2, 0.25) is 0 Å². The molecule has 0 fully saturated rings. The Bertz CT molecular complexity index is 1170. The maximum atomic E-state index is 12.2. The van der Waals surface area contributed by atoms with Crippen molar-refractivity contribution >= 4 is 22.5 Å². The molecule has 1 N–H and O–H groups in total. The first-order valence-electron chi connectivity index (χ1n) is 8.50. The highest BCUT2D eigenvalue weighted by Gasteiger charge is 2.10. The number of rotatable bonds is 3. The summed E-state index contributed by atoms with van der Waals surface area (Å²) >= 11 is 0. The fraction of sp³-hybridized carbons (Fsp3) is 0.0455. The van der Waals surface area contributed by atoms with Crippen LogP contribution in [0.5, 0.6) is 0 Å². The average Bonchev–Trinajstić information content (AvgIpc) is 3.04. The van der Waals surface area contributed by atoms with Crippen LogP contribution in [-0.4, -0.2) is 15.5 Å². The van der Waals surface area contributed by atoms with Gasteiger partial charge in [-0.3, -0.25) is 9.78 Å². The molecule has 0 aliphatic carbocycles. The zero-order valence-corrected chi connectivity index (χ0v) is 14.7. The van der Waals surface area contributed by atoms with E-state index < -0.39 is 0 Å². The van der Waals surface area contributed by atoms with Gasteiger partial charge in [-0.1, -0.05) is 0 Å². The zero-order chi connectivity index (χ0) is 18.8. The number of hydrogen-bond acceptors (Lipinski definition) is 3. The normalized spacial score (nSPS) is 10.5. The molecule has 5 heteroatoms. The number of aromatic nitrogens is 2. The number of nitrogens with one attached hydrogen (secondary N) is 1. The molecule has 0 aliphatic rings. The van der Waals surface area contributed by atoms with Crippen molar-refractivity contribution in [1.82, 2.24) is 9.55 Å². The molecule has 5 nitrogen and oxygen atoms in total. The molecule has 0 saturated carbocycles. The van der Waals surface area contributed by atoms with Crippen LogP contribution in [0.15, 0.2) is 73.1 Å². The lowest BCUT2D eigenvalue weighted by atomic mass is 10.2. The van der Waals surface area contributed by atoms with Gasteiger partial charge in [0.15, 0.2) is 0 Å². The smallest absolute Gasteiger partial charge is 0.257 e. The first-order chi connectivity index (χ1) is 13.2. The number of carbonyl (C=O) groups excluding carboxylic acids is 1. The summed E-state index contributed by atoms with van der Waals surface area (Å²) in [5.74, 6) is -0.192. The van der Waals surface area contributed by atoms with Crippen LogP contribution in [0.4, 0.5) is 5.69 Å². The number of nitriles is 1. The van der Waals surface area contributed by atoms with E-state index in [4.69, 9.17) is 5.26 Å². The van der Waals surface area contributed by atoms with Crippen LogP contribution < -0.4 is 5.32 Å². The highest BCUT2D eigenvalue weighted by Crippen LogP contribution is 2.26. The Balaban J connectivity index is 1.63. The summed E-state index contributed by atoms with van der Waals surface area (Å²) in [7, 11) is 0. The van der Waals surface area contributed by atoms with Gasteiger partial charge < -0.3 is 9.88 Å². The summed E-state index contributed by atoms with van der Waals surface area (Å²) in [5.41, 5.74) is 4.99. The molecule has 0 unspecified atom stereocenters. The van der Waals surface area contributed by atoms with Crippen LogP contribution in [0.3, 0.4) is 0 Å². The van der Waals surface area contributed by atoms with E-state index in [1.807, 2.05) is 49.4 Å². The van der Waals surface area contributed by atoms with E-state index in [1.54, 1.807) is 18.3 Å². The Morgan fingerprint density at radius 1 is 1.11 bits per heavy atom. The van der Waals surface area contributed by atoms with Crippen molar-refractivity contribution in [3.8, 4) is 11.8 Å². The Labute approximate surface area is 156 Å². The molecular weight excluding hydrogens is 336 g/mol. The lowest BCUT2D eigenvalue weighted by Crippen LogP contribution is -2.12. The van der Waals surface area contributed by atoms with Gasteiger partial charge in [0.25, 0.3) is 5.91 Å². The van der Waals surface area contributed by atoms with Gasteiger partial charge in [-0.05, 0) is 67.6 Å². The summed E-state index contributed by atoms with van der Waals surface area (Å²) in [6.07, 6.45) is 3.17. The van der Waals surface area contributed by atoms with E-state index in [1.165, 1.54) is 6.20 Å². The minimum atomic E-state index is -0.192. The Kier molecular flexibility index (Phi) is 4.15. The third kappa shape index (κ3) is 3.16. The maximum absolute atomic E-state index is 12.2. The lowest BCUT2D eigenvalue weighted by molar-refractivity contribution is 0.102. The second kappa shape index (κ2) is 6.77. The van der Waals surface area contributed by atoms with Crippen molar-refractivity contribution in [3.05, 3.63) is 89.9 Å². The molecule has 130 valence electrons. The Morgan fingerprint density at radius 2 is 1.93 bits per heavy atom. The van der Waals surface area contributed by atoms with Crippen molar-refractivity contribution in [2.24, 2.45) is 0 Å². The maximum Gasteiger partial charge on any atom is 0.257 e. The van der Waals surface area contributed by atoms with Crippen molar-refractivity contribution in [2.45, 2.75) is 6.92 Å². The molecule has 1 amide bonds. The molecule has 4 rings (SSSR count). The van der Waals surface area contributed by atoms with E-state index >= 15 is 0 Å². The van der Waals surface area contributed by atoms with Gasteiger partial charge in [0, 0.05) is 34.8 Å². The Hall–Kier alpha value is -3.91. The molecule has 2 heterocycles. The summed E-state index contributed by atoms with van der Waals surface area (Å²) in [6.45, 7) is 2.03. The van der Waals surface area contributed by atoms with Crippen LogP contribution in [0.2, 0.25) is 0 Å². The molecule has 27 heavy (non-hydrogen) atoms. The number of nitrogens with zero attached hydrogens (tertiary/aromatic N) is 3. The van der Waals surface area contributed by atoms with Gasteiger partial charge >= 0.3 is 0 Å². The molecule has 0 radical (unpaired) electrons. The molecule has 0 aliphatic heterocycles. The second-order valence-corrected chi connectivity index (χ2v) is 6.25. The van der Waals surface area contributed by atoms with Crippen molar-refractivity contribution in [3.63, 3.8) is 0 Å². The third-order valence-electron chi connectivity index (χ3n) is 4.42. The van der Waals surface area contributed by atoms with E-state index in [0.29, 0.717) is 16.8 Å². The molecule has 0 saturated heterocycles. The zero-order valence-electron chi connectivity index (χ0n) is 14.7. The first-order valence-corrected chi connectivity index (χ1v) is 8.50. The van der Waals surface area contributed by atoms with Crippen LogP contribution >= 0.6 is 0 Å². The topological polar surface area (TPSA) is 70.7 Å². The fourth-order valence-electron chi connectivity index (χ4n) is 3.16. The standard InChI is InChI=1S/C22H16N4O/c1-15-11-18-12-16(13-23)4-9-21(18)26(15)20-7-5-19(6-8-20)25-22(27)17-3-2-10-24-14-17/h2-12,14H,1H3,(H,25,27). The van der Waals surface area contributed by atoms with Gasteiger partial charge in [-0.2, -0.15) is 5.26 Å². The fourth-order valence-corrected chi connectivity index (χ4v) is 3.16. The number of anilines is 1. The lowest BCUT2D eigenvalue weighted by Gasteiger charge is -2.10. The minimum Gasteiger partial charge on any atom is -0.322 e. The van der Waals surface area contributed by atoms with E-state index in [0.717, 1.165) is 22.3 Å². The van der Waals surface area contributed by atoms with Gasteiger partial charge in [-0.25, -0.2) is 0 Å². The quantitative estimate of drug-likeness (QED) is 0.592. The van der Waals surface area contributed by atoms with E-state index in [9.17, 15) is 4.79 Å². The molecular formula is C22H16N4O. The summed E-state index contributed by atoms with van der Waals surface area (Å²) in [4.78, 5) is 16.2. The van der Waals surface area contributed by atoms with E-state index in [-0.39, 0.29) is 5.91 Å².